The molecule has 0 heterocycles. The molecular formula is C2H16N2O6S. The Bertz CT molecular complexity index is 113. The quantitative estimate of drug-likeness (QED) is 0.301. The Balaban J connectivity index is -0.0000000183. The Kier molecular flexibility index (Phi) is 46.1. The Hall–Kier alpha value is -0.290. The van der Waals surface area contributed by atoms with Crippen LogP contribution in [-0.2, 0) is 10.4 Å². The van der Waals surface area contributed by atoms with Gasteiger partial charge in [-0.15, -0.1) is 0 Å². The minimum atomic E-state index is -4.67. The zero-order chi connectivity index (χ0) is 7.21. The predicted octanol–water partition coefficient (Wildman–Crippen LogP) is -1.15. The van der Waals surface area contributed by atoms with Gasteiger partial charge in [-0.3, -0.25) is 9.11 Å². The average Bonchev–Trinajstić information content (AvgIpc) is 1.27. The molecule has 0 atom stereocenters. The molecule has 0 unspecified atom stereocenters. The summed E-state index contributed by atoms with van der Waals surface area (Å²) in [6.07, 6.45) is 0. The molecule has 11 heavy (non-hydrogen) atoms. The first-order valence-corrected chi connectivity index (χ1v) is 3.12. The third kappa shape index (κ3) is 6860. The second-order valence-electron chi connectivity index (χ2n) is 0.764. The van der Waals surface area contributed by atoms with Crippen molar-refractivity contribution in [1.82, 2.24) is 12.3 Å². The van der Waals surface area contributed by atoms with Crippen molar-refractivity contribution in [3.63, 3.8) is 0 Å². The van der Waals surface area contributed by atoms with Gasteiger partial charge in [0.05, 0.1) is 0 Å². The van der Waals surface area contributed by atoms with Gasteiger partial charge in [-0.05, 0) is 6.92 Å². The van der Waals surface area contributed by atoms with Gasteiger partial charge in [0.25, 0.3) is 0 Å². The maximum Gasteiger partial charge on any atom is 0.394 e. The lowest BCUT2D eigenvalue weighted by Crippen LogP contribution is -1.89. The Morgan fingerprint density at radius 3 is 1.18 bits per heavy atom. The summed E-state index contributed by atoms with van der Waals surface area (Å²) in [7, 11) is -4.67. The predicted molar refractivity (Wildman–Crippen MR) is 40.6 cm³/mol. The third-order valence-electron chi connectivity index (χ3n) is 0. The normalized spacial score (nSPS) is 6.91. The molecule has 9 heteroatoms. The largest absolute Gasteiger partial charge is 0.412 e. The van der Waals surface area contributed by atoms with Crippen LogP contribution in [0.15, 0.2) is 0 Å². The van der Waals surface area contributed by atoms with Crippen LogP contribution >= 0.6 is 0 Å². The smallest absolute Gasteiger partial charge is 0.394 e. The van der Waals surface area contributed by atoms with E-state index in [1.54, 1.807) is 6.92 Å². The lowest BCUT2D eigenvalue weighted by molar-refractivity contribution is 0.318. The summed E-state index contributed by atoms with van der Waals surface area (Å²) in [5.74, 6) is 0. The zero-order valence-corrected chi connectivity index (χ0v) is 7.00. The summed E-state index contributed by atoms with van der Waals surface area (Å²) < 4.78 is 31.6. The molecule has 0 saturated carbocycles. The van der Waals surface area contributed by atoms with E-state index in [0.717, 1.165) is 0 Å². The van der Waals surface area contributed by atoms with Crippen LogP contribution in [0.3, 0.4) is 0 Å². The molecule has 11 N–H and O–H groups in total. The lowest BCUT2D eigenvalue weighted by Gasteiger charge is -1.68. The van der Waals surface area contributed by atoms with Gasteiger partial charge in [-0.1, -0.05) is 0 Å². The van der Waals surface area contributed by atoms with E-state index in [1.165, 1.54) is 0 Å². The van der Waals surface area contributed by atoms with Crippen LogP contribution in [-0.4, -0.2) is 34.7 Å². The van der Waals surface area contributed by atoms with Gasteiger partial charge in [-0.25, -0.2) is 0 Å². The van der Waals surface area contributed by atoms with Crippen molar-refractivity contribution >= 4 is 10.4 Å². The van der Waals surface area contributed by atoms with Crippen LogP contribution in [0, 0.1) is 0 Å². The fourth-order valence-electron chi connectivity index (χ4n) is 0. The Morgan fingerprint density at radius 2 is 1.18 bits per heavy atom. The second-order valence-corrected chi connectivity index (χ2v) is 1.66. The van der Waals surface area contributed by atoms with Crippen LogP contribution in [0.5, 0.6) is 0 Å². The molecule has 0 aromatic carbocycles. The maximum atomic E-state index is 8.74. The summed E-state index contributed by atoms with van der Waals surface area (Å²) in [5.41, 5.74) is 0. The molecule has 0 amide bonds. The fraction of sp³-hybridized carbons (Fsp3) is 1.00. The van der Waals surface area contributed by atoms with Crippen molar-refractivity contribution in [2.75, 3.05) is 6.61 Å². The average molecular weight is 196 g/mol. The molecule has 0 fully saturated rings. The number of rotatable bonds is 0. The molecule has 0 aliphatic rings. The molecule has 0 radical (unpaired) electrons. The van der Waals surface area contributed by atoms with Gasteiger partial charge >= 0.3 is 10.4 Å². The van der Waals surface area contributed by atoms with Crippen molar-refractivity contribution in [2.45, 2.75) is 6.92 Å². The number of hydrogen-bond acceptors (Lipinski definition) is 5. The van der Waals surface area contributed by atoms with Crippen molar-refractivity contribution in [3.8, 4) is 0 Å². The highest BCUT2D eigenvalue weighted by Crippen LogP contribution is 1.59. The third-order valence-corrected chi connectivity index (χ3v) is 0. The van der Waals surface area contributed by atoms with Crippen LogP contribution in [0.25, 0.3) is 0 Å². The van der Waals surface area contributed by atoms with E-state index < -0.39 is 10.4 Å². The van der Waals surface area contributed by atoms with Gasteiger partial charge in [0, 0.05) is 6.61 Å². The highest BCUT2D eigenvalue weighted by Gasteiger charge is 1.84. The SMILES string of the molecule is CCO.N.N.O.O=S(=O)(O)O. The molecule has 0 spiro atoms. The second kappa shape index (κ2) is 16.4. The molecule has 0 aromatic rings. The van der Waals surface area contributed by atoms with Gasteiger partial charge in [0.2, 0.25) is 0 Å². The van der Waals surface area contributed by atoms with Crippen molar-refractivity contribution in [1.29, 1.82) is 0 Å². The van der Waals surface area contributed by atoms with Crippen molar-refractivity contribution in [2.24, 2.45) is 0 Å². The van der Waals surface area contributed by atoms with Gasteiger partial charge in [0.15, 0.2) is 0 Å². The monoisotopic (exact) mass is 196 g/mol. The summed E-state index contributed by atoms with van der Waals surface area (Å²) >= 11 is 0. The van der Waals surface area contributed by atoms with Gasteiger partial charge < -0.3 is 22.9 Å². The molecule has 76 valence electrons. The van der Waals surface area contributed by atoms with E-state index in [9.17, 15) is 0 Å². The molecule has 0 aromatic heterocycles. The van der Waals surface area contributed by atoms with Crippen LogP contribution in [0.4, 0.5) is 0 Å². The fourth-order valence-corrected chi connectivity index (χ4v) is 0. The lowest BCUT2D eigenvalue weighted by atomic mass is 10.9. The summed E-state index contributed by atoms with van der Waals surface area (Å²) in [6.45, 7) is 1.93. The van der Waals surface area contributed by atoms with Gasteiger partial charge in [-0.2, -0.15) is 8.42 Å². The minimum absolute atomic E-state index is 0. The topological polar surface area (TPSA) is 196 Å². The zero-order valence-electron chi connectivity index (χ0n) is 6.19. The number of hydrogen-bond donors (Lipinski definition) is 5. The van der Waals surface area contributed by atoms with Crippen LogP contribution in [0.2, 0.25) is 0 Å². The van der Waals surface area contributed by atoms with E-state index in [1.807, 2.05) is 0 Å². The first-order valence-electron chi connectivity index (χ1n) is 1.72. The number of aliphatic hydroxyl groups excluding tert-OH is 1. The van der Waals surface area contributed by atoms with E-state index >= 15 is 0 Å². The van der Waals surface area contributed by atoms with E-state index in [2.05, 4.69) is 0 Å². The molecular weight excluding hydrogens is 180 g/mol. The standard InChI is InChI=1S/C2H6O.2H3N.H2O4S.H2O/c1-2-3;;;1-5(2,3)4;/h3H,2H2,1H3;2*1H3;(H2,1,2,3,4);1H2. The minimum Gasteiger partial charge on any atom is -0.412 e. The first kappa shape index (κ1) is 31.0. The molecule has 0 aliphatic carbocycles. The first-order chi connectivity index (χ1) is 3.41. The highest BCUT2D eigenvalue weighted by atomic mass is 32.3. The molecule has 0 aliphatic heterocycles. The van der Waals surface area contributed by atoms with E-state index in [-0.39, 0.29) is 24.4 Å². The molecule has 0 bridgehead atoms. The van der Waals surface area contributed by atoms with Crippen molar-refractivity contribution in [3.05, 3.63) is 0 Å². The van der Waals surface area contributed by atoms with E-state index in [4.69, 9.17) is 22.6 Å². The van der Waals surface area contributed by atoms with Crippen molar-refractivity contribution < 1.29 is 28.1 Å². The summed E-state index contributed by atoms with van der Waals surface area (Å²) in [4.78, 5) is 0. The number of aliphatic hydroxyl groups is 1. The van der Waals surface area contributed by atoms with E-state index in [0.29, 0.717) is 0 Å². The molecule has 0 rings (SSSR count). The van der Waals surface area contributed by atoms with Crippen LogP contribution in [0.1, 0.15) is 6.92 Å². The summed E-state index contributed by atoms with van der Waals surface area (Å²) in [5, 5.41) is 7.57. The molecule has 8 nitrogen and oxygen atoms in total. The van der Waals surface area contributed by atoms with Gasteiger partial charge in [0.1, 0.15) is 0 Å². The summed E-state index contributed by atoms with van der Waals surface area (Å²) in [6, 6.07) is 0. The van der Waals surface area contributed by atoms with Crippen LogP contribution < -0.4 is 12.3 Å². The maximum absolute atomic E-state index is 8.74. The Labute approximate surface area is 65.3 Å². The molecule has 0 saturated heterocycles. The highest BCUT2D eigenvalue weighted by molar-refractivity contribution is 7.79. The Morgan fingerprint density at radius 1 is 1.18 bits per heavy atom.